The molecule has 0 amide bonds. The summed E-state index contributed by atoms with van der Waals surface area (Å²) in [5.41, 5.74) is 0. The van der Waals surface area contributed by atoms with E-state index in [1.54, 1.807) is 6.92 Å². The Morgan fingerprint density at radius 2 is 1.75 bits per heavy atom. The predicted molar refractivity (Wildman–Crippen MR) is 11.9 cm³/mol. The van der Waals surface area contributed by atoms with Gasteiger partial charge in [-0.1, -0.05) is 0 Å². The van der Waals surface area contributed by atoms with Crippen LogP contribution in [-0.4, -0.2) is 5.11 Å². The summed E-state index contributed by atoms with van der Waals surface area (Å²) in [6.07, 6.45) is 0. The maximum Gasteiger partial charge on any atom is 0 e. The summed E-state index contributed by atoms with van der Waals surface area (Å²) >= 11 is 0. The summed E-state index contributed by atoms with van der Waals surface area (Å²) in [5, 5.41) is 7.44. The van der Waals surface area contributed by atoms with E-state index in [1.165, 1.54) is 0 Å². The predicted octanol–water partition coefficient (Wildman–Crippen LogP) is 0.541. The Morgan fingerprint density at radius 3 is 1.75 bits per heavy atom. The van der Waals surface area contributed by atoms with Crippen LogP contribution in [0.4, 0.5) is 0 Å². The Kier molecular flexibility index (Phi) is 20.0. The molecule has 0 spiro atoms. The fourth-order valence-electron chi connectivity index (χ4n) is 0. The molecule has 0 aromatic carbocycles. The Morgan fingerprint density at radius 1 is 1.75 bits per heavy atom. The van der Waals surface area contributed by atoms with E-state index >= 15 is 0 Å². The van der Waals surface area contributed by atoms with Crippen LogP contribution in [0.5, 0.6) is 0 Å². The van der Waals surface area contributed by atoms with Crippen LogP contribution in [0.3, 0.4) is 0 Å². The van der Waals surface area contributed by atoms with E-state index in [1.807, 2.05) is 0 Å². The van der Waals surface area contributed by atoms with Crippen LogP contribution in [0.15, 0.2) is 0 Å². The molecule has 0 saturated heterocycles. The molecule has 1 nitrogen and oxygen atoms in total. The third kappa shape index (κ3) is 11.9. The molecule has 0 unspecified atom stereocenters. The van der Waals surface area contributed by atoms with Crippen LogP contribution in [0.2, 0.25) is 0 Å². The molecule has 0 atom stereocenters. The van der Waals surface area contributed by atoms with Crippen molar-refractivity contribution < 1.29 is 36.2 Å². The van der Waals surface area contributed by atoms with Crippen molar-refractivity contribution in [2.75, 3.05) is 0 Å². The molecule has 0 aliphatic carbocycles. The summed E-state index contributed by atoms with van der Waals surface area (Å²) < 4.78 is 0. The van der Waals surface area contributed by atoms with Gasteiger partial charge in [0.2, 0.25) is 0 Å². The smallest absolute Gasteiger partial charge is 0 e. The SMILES string of the molecule is C[CH-]O.[U]. The van der Waals surface area contributed by atoms with Crippen molar-refractivity contribution in [2.24, 2.45) is 0 Å². The summed E-state index contributed by atoms with van der Waals surface area (Å²) in [5.74, 6) is 0. The Hall–Kier alpha value is 1.01. The number of hydrogen-bond donors (Lipinski definition) is 1. The number of aliphatic hydroxyl groups is 1. The molecule has 24 valence electrons. The van der Waals surface area contributed by atoms with Gasteiger partial charge in [0.15, 0.2) is 0 Å². The maximum absolute atomic E-state index is 7.44. The van der Waals surface area contributed by atoms with E-state index in [0.29, 0.717) is 0 Å². The van der Waals surface area contributed by atoms with E-state index in [4.69, 9.17) is 5.11 Å². The Labute approximate surface area is 49.8 Å². The van der Waals surface area contributed by atoms with E-state index < -0.39 is 0 Å². The van der Waals surface area contributed by atoms with Crippen LogP contribution in [0.1, 0.15) is 6.92 Å². The monoisotopic (exact) mass is 283 g/mol. The summed E-state index contributed by atoms with van der Waals surface area (Å²) in [6, 6.07) is 0. The minimum atomic E-state index is 0. The van der Waals surface area contributed by atoms with Gasteiger partial charge in [-0.25, -0.2) is 6.61 Å². The van der Waals surface area contributed by atoms with Crippen molar-refractivity contribution in [2.45, 2.75) is 6.92 Å². The Bertz CT molecular complexity index is 6.00. The van der Waals surface area contributed by atoms with Crippen molar-refractivity contribution >= 4 is 0 Å². The zero-order valence-corrected chi connectivity index (χ0v) is 6.69. The number of aliphatic hydroxyl groups excluding tert-OH is 1. The topological polar surface area (TPSA) is 20.2 Å². The molecular formula is C2H5OU-. The van der Waals surface area contributed by atoms with Gasteiger partial charge in [-0.05, 0) is 0 Å². The van der Waals surface area contributed by atoms with Crippen LogP contribution in [0, 0.1) is 37.7 Å². The largest absolute Gasteiger partial charge is 0.566 e. The zero-order chi connectivity index (χ0) is 2.71. The van der Waals surface area contributed by atoms with Gasteiger partial charge in [-0.3, -0.25) is 0 Å². The molecule has 2 heteroatoms. The van der Waals surface area contributed by atoms with Crippen LogP contribution < -0.4 is 0 Å². The average molecular weight is 283 g/mol. The number of rotatable bonds is 0. The number of hydrogen-bond acceptors (Lipinski definition) is 1. The fourth-order valence-corrected chi connectivity index (χ4v) is 0. The van der Waals surface area contributed by atoms with E-state index in [2.05, 4.69) is 0 Å². The molecule has 0 saturated carbocycles. The molecule has 0 radical (unpaired) electrons. The van der Waals surface area contributed by atoms with Crippen molar-refractivity contribution in [3.05, 3.63) is 6.61 Å². The molecule has 1 N–H and O–H groups in total. The summed E-state index contributed by atoms with van der Waals surface area (Å²) in [4.78, 5) is 0. The molecule has 0 aliphatic rings. The minimum Gasteiger partial charge on any atom is -0.566 e. The Balaban J connectivity index is 0. The molecule has 0 aliphatic heterocycles. The van der Waals surface area contributed by atoms with Gasteiger partial charge < -0.3 is 5.11 Å². The first-order valence-corrected chi connectivity index (χ1v) is 0.836. The van der Waals surface area contributed by atoms with Gasteiger partial charge in [0.25, 0.3) is 0 Å². The molecule has 0 aromatic heterocycles. The van der Waals surface area contributed by atoms with Gasteiger partial charge in [0.05, 0.1) is 0 Å². The van der Waals surface area contributed by atoms with E-state index in [9.17, 15) is 0 Å². The van der Waals surface area contributed by atoms with E-state index in [0.717, 1.165) is 6.61 Å². The zero-order valence-electron chi connectivity index (χ0n) is 2.52. The van der Waals surface area contributed by atoms with Gasteiger partial charge in [0, 0.05) is 31.1 Å². The van der Waals surface area contributed by atoms with Crippen molar-refractivity contribution in [1.82, 2.24) is 0 Å². The minimum absolute atomic E-state index is 0. The molecule has 4 heavy (non-hydrogen) atoms. The maximum atomic E-state index is 7.44. The van der Waals surface area contributed by atoms with Gasteiger partial charge in [-0.15, -0.1) is 0 Å². The fraction of sp³-hybridized carbons (Fsp3) is 0.500. The van der Waals surface area contributed by atoms with Crippen LogP contribution in [0.25, 0.3) is 0 Å². The molecule has 0 rings (SSSR count). The molecule has 0 aromatic rings. The van der Waals surface area contributed by atoms with Gasteiger partial charge >= 0.3 is 0 Å². The third-order valence-electron chi connectivity index (χ3n) is 0. The average Bonchev–Trinajstić information content (AvgIpc) is 0.918. The first kappa shape index (κ1) is 8.89. The second-order valence-corrected chi connectivity index (χ2v) is 0.258. The van der Waals surface area contributed by atoms with Crippen LogP contribution >= 0.6 is 0 Å². The quantitative estimate of drug-likeness (QED) is 0.643. The second kappa shape index (κ2) is 8.99. The normalized spacial score (nSPS) is 4.50. The summed E-state index contributed by atoms with van der Waals surface area (Å²) in [6.45, 7) is 2.56. The van der Waals surface area contributed by atoms with Crippen molar-refractivity contribution in [1.29, 1.82) is 0 Å². The van der Waals surface area contributed by atoms with Crippen molar-refractivity contribution in [3.8, 4) is 0 Å². The first-order valence-electron chi connectivity index (χ1n) is 0.836. The second-order valence-electron chi connectivity index (χ2n) is 0.258. The molecule has 0 bridgehead atoms. The molecule has 0 heterocycles. The standard InChI is InChI=1S/C2H5O.U/c1-2-3;/h2-3H,1H3;/q-1;. The van der Waals surface area contributed by atoms with Crippen molar-refractivity contribution in [3.63, 3.8) is 0 Å². The first-order chi connectivity index (χ1) is 1.41. The van der Waals surface area contributed by atoms with Gasteiger partial charge in [0.1, 0.15) is 0 Å². The van der Waals surface area contributed by atoms with E-state index in [-0.39, 0.29) is 31.1 Å². The molecular weight excluding hydrogens is 278 g/mol. The van der Waals surface area contributed by atoms with Crippen LogP contribution in [-0.2, 0) is 0 Å². The van der Waals surface area contributed by atoms with Gasteiger partial charge in [-0.2, -0.15) is 6.92 Å². The third-order valence-corrected chi connectivity index (χ3v) is 0. The molecule has 0 fully saturated rings. The summed E-state index contributed by atoms with van der Waals surface area (Å²) in [7, 11) is 0.